The molecule has 2 nitrogen and oxygen atoms in total. The van der Waals surface area contributed by atoms with Gasteiger partial charge in [-0.05, 0) is 13.6 Å². The maximum Gasteiger partial charge on any atom is 0.107 e. The first-order chi connectivity index (χ1) is 5.77. The third-order valence-electron chi connectivity index (χ3n) is 0.598. The van der Waals surface area contributed by atoms with Gasteiger partial charge in [-0.1, -0.05) is 34.3 Å². The van der Waals surface area contributed by atoms with Crippen LogP contribution in [0.3, 0.4) is 0 Å². The van der Waals surface area contributed by atoms with Crippen LogP contribution >= 0.6 is 0 Å². The third kappa shape index (κ3) is 35.0. The van der Waals surface area contributed by atoms with Gasteiger partial charge >= 0.3 is 0 Å². The predicted molar refractivity (Wildman–Crippen MR) is 57.9 cm³/mol. The highest BCUT2D eigenvalue weighted by Crippen LogP contribution is 1.87. The average molecular weight is 173 g/mol. The van der Waals surface area contributed by atoms with Crippen molar-refractivity contribution in [2.75, 3.05) is 13.2 Å². The predicted octanol–water partition coefficient (Wildman–Crippen LogP) is 3.29. The Labute approximate surface area is 77.4 Å². The van der Waals surface area contributed by atoms with E-state index in [4.69, 9.17) is 4.74 Å². The standard InChI is InChI=1S/C6H11NO.2C2H6/c1-6(2)8-5-4-7-3;2*1-2/h1,3-5H2,2H3;2*1-2H3. The fraction of sp³-hybridized carbons (Fsp3) is 0.700. The van der Waals surface area contributed by atoms with Gasteiger partial charge in [-0.25, -0.2) is 0 Å². The molecule has 0 saturated carbocycles. The lowest BCUT2D eigenvalue weighted by Gasteiger charge is -1.99. The highest BCUT2D eigenvalue weighted by Gasteiger charge is 1.81. The zero-order valence-corrected chi connectivity index (χ0v) is 9.18. The minimum absolute atomic E-state index is 0.596. The molecule has 0 aromatic carbocycles. The first kappa shape index (κ1) is 17.3. The molecule has 0 heterocycles. The minimum Gasteiger partial charge on any atom is -0.497 e. The summed E-state index contributed by atoms with van der Waals surface area (Å²) in [6.45, 7) is 17.9. The van der Waals surface area contributed by atoms with E-state index in [0.717, 1.165) is 5.76 Å². The smallest absolute Gasteiger partial charge is 0.107 e. The second-order valence-corrected chi connectivity index (χ2v) is 1.50. The number of allylic oxidation sites excluding steroid dienone is 1. The van der Waals surface area contributed by atoms with Gasteiger partial charge in [0.25, 0.3) is 0 Å². The van der Waals surface area contributed by atoms with Gasteiger partial charge in [0.05, 0.1) is 12.3 Å². The van der Waals surface area contributed by atoms with Gasteiger partial charge < -0.3 is 4.74 Å². The topological polar surface area (TPSA) is 21.6 Å². The van der Waals surface area contributed by atoms with Crippen LogP contribution in [0.15, 0.2) is 17.3 Å². The van der Waals surface area contributed by atoms with E-state index in [0.29, 0.717) is 13.2 Å². The van der Waals surface area contributed by atoms with Crippen molar-refractivity contribution in [3.05, 3.63) is 12.3 Å². The maximum absolute atomic E-state index is 4.95. The van der Waals surface area contributed by atoms with Crippen molar-refractivity contribution in [3.63, 3.8) is 0 Å². The molecule has 0 atom stereocenters. The number of rotatable bonds is 4. The van der Waals surface area contributed by atoms with Crippen LogP contribution in [-0.2, 0) is 4.74 Å². The second-order valence-electron chi connectivity index (χ2n) is 1.50. The van der Waals surface area contributed by atoms with Crippen LogP contribution in [0.2, 0.25) is 0 Å². The van der Waals surface area contributed by atoms with E-state index < -0.39 is 0 Å². The lowest BCUT2D eigenvalue weighted by atomic mass is 10.6. The van der Waals surface area contributed by atoms with Crippen LogP contribution in [-0.4, -0.2) is 19.9 Å². The van der Waals surface area contributed by atoms with Crippen molar-refractivity contribution in [3.8, 4) is 0 Å². The second kappa shape index (κ2) is 22.5. The highest BCUT2D eigenvalue weighted by molar-refractivity contribution is 5.23. The van der Waals surface area contributed by atoms with Gasteiger partial charge in [0.2, 0.25) is 0 Å². The van der Waals surface area contributed by atoms with Gasteiger partial charge in [0, 0.05) is 0 Å². The quantitative estimate of drug-likeness (QED) is 0.363. The van der Waals surface area contributed by atoms with E-state index in [1.807, 2.05) is 34.6 Å². The van der Waals surface area contributed by atoms with E-state index in [2.05, 4.69) is 18.3 Å². The van der Waals surface area contributed by atoms with Crippen molar-refractivity contribution < 1.29 is 4.74 Å². The van der Waals surface area contributed by atoms with Crippen LogP contribution in [0.5, 0.6) is 0 Å². The molecule has 0 spiro atoms. The van der Waals surface area contributed by atoms with E-state index >= 15 is 0 Å². The van der Waals surface area contributed by atoms with Crippen molar-refractivity contribution in [2.24, 2.45) is 4.99 Å². The normalized spacial score (nSPS) is 6.42. The van der Waals surface area contributed by atoms with Crippen molar-refractivity contribution >= 4 is 6.72 Å². The molecule has 0 aliphatic rings. The first-order valence-electron chi connectivity index (χ1n) is 4.48. The lowest BCUT2D eigenvalue weighted by Crippen LogP contribution is -1.93. The van der Waals surface area contributed by atoms with Gasteiger partial charge in [0.1, 0.15) is 6.61 Å². The first-order valence-corrected chi connectivity index (χ1v) is 4.48. The molecule has 0 radical (unpaired) electrons. The molecule has 0 bridgehead atoms. The molecule has 12 heavy (non-hydrogen) atoms. The Morgan fingerprint density at radius 3 is 1.92 bits per heavy atom. The van der Waals surface area contributed by atoms with Gasteiger partial charge in [-0.3, -0.25) is 4.99 Å². The van der Waals surface area contributed by atoms with Crippen LogP contribution in [0.1, 0.15) is 34.6 Å². The van der Waals surface area contributed by atoms with Gasteiger partial charge in [-0.15, -0.1) is 0 Å². The summed E-state index contributed by atoms with van der Waals surface area (Å²) in [6, 6.07) is 0. The summed E-state index contributed by atoms with van der Waals surface area (Å²) in [4.78, 5) is 3.59. The van der Waals surface area contributed by atoms with Crippen molar-refractivity contribution in [1.29, 1.82) is 0 Å². The van der Waals surface area contributed by atoms with E-state index in [9.17, 15) is 0 Å². The Bertz CT molecular complexity index is 89.8. The number of ether oxygens (including phenoxy) is 1. The Morgan fingerprint density at radius 2 is 1.67 bits per heavy atom. The summed E-state index contributed by atoms with van der Waals surface area (Å²) < 4.78 is 4.95. The fourth-order valence-electron chi connectivity index (χ4n) is 0.284. The van der Waals surface area contributed by atoms with Crippen LogP contribution in [0.25, 0.3) is 0 Å². The number of nitrogens with zero attached hydrogens (tertiary/aromatic N) is 1. The highest BCUT2D eigenvalue weighted by atomic mass is 16.5. The molecule has 0 amide bonds. The SMILES string of the molecule is C=NCCOC(=C)C.CC.CC. The van der Waals surface area contributed by atoms with Gasteiger partial charge in [0.15, 0.2) is 0 Å². The molecule has 0 N–H and O–H groups in total. The van der Waals surface area contributed by atoms with E-state index in [1.54, 1.807) is 0 Å². The summed E-state index contributed by atoms with van der Waals surface area (Å²) in [5, 5.41) is 0. The molecule has 0 aromatic heterocycles. The Hall–Kier alpha value is -0.790. The summed E-state index contributed by atoms with van der Waals surface area (Å²) >= 11 is 0. The fourth-order valence-corrected chi connectivity index (χ4v) is 0.284. The largest absolute Gasteiger partial charge is 0.497 e. The summed E-state index contributed by atoms with van der Waals surface area (Å²) in [5.74, 6) is 0.730. The Morgan fingerprint density at radius 1 is 1.25 bits per heavy atom. The average Bonchev–Trinajstić information content (AvgIpc) is 2.12. The molecule has 0 aliphatic heterocycles. The number of hydrogen-bond donors (Lipinski definition) is 0. The summed E-state index contributed by atoms with van der Waals surface area (Å²) in [6.07, 6.45) is 0. The van der Waals surface area contributed by atoms with E-state index in [1.165, 1.54) is 0 Å². The Kier molecular flexibility index (Phi) is 32.4. The molecule has 74 valence electrons. The van der Waals surface area contributed by atoms with Crippen molar-refractivity contribution in [1.82, 2.24) is 0 Å². The summed E-state index contributed by atoms with van der Waals surface area (Å²) in [7, 11) is 0. The zero-order valence-electron chi connectivity index (χ0n) is 9.18. The van der Waals surface area contributed by atoms with Gasteiger partial charge in [-0.2, -0.15) is 0 Å². The minimum atomic E-state index is 0.596. The Balaban J connectivity index is -0.000000175. The molecule has 2 heteroatoms. The number of hydrogen-bond acceptors (Lipinski definition) is 2. The van der Waals surface area contributed by atoms with Crippen molar-refractivity contribution in [2.45, 2.75) is 34.6 Å². The van der Waals surface area contributed by atoms with E-state index in [-0.39, 0.29) is 0 Å². The van der Waals surface area contributed by atoms with Crippen LogP contribution in [0, 0.1) is 0 Å². The molecular weight excluding hydrogens is 150 g/mol. The lowest BCUT2D eigenvalue weighted by molar-refractivity contribution is 0.225. The molecule has 0 fully saturated rings. The molecule has 0 aliphatic carbocycles. The number of aliphatic imine (C=N–C) groups is 1. The monoisotopic (exact) mass is 173 g/mol. The molecule has 0 unspecified atom stereocenters. The maximum atomic E-state index is 4.95. The molecule has 0 aromatic rings. The molecular formula is C10H23NO. The molecule has 0 saturated heterocycles. The van der Waals surface area contributed by atoms with Crippen LogP contribution in [0.4, 0.5) is 0 Å². The molecule has 0 rings (SSSR count). The summed E-state index contributed by atoms with van der Waals surface area (Å²) in [5.41, 5.74) is 0. The zero-order chi connectivity index (χ0) is 10.4. The third-order valence-corrected chi connectivity index (χ3v) is 0.598. The van der Waals surface area contributed by atoms with Crippen LogP contribution < -0.4 is 0 Å².